The van der Waals surface area contributed by atoms with E-state index in [0.717, 1.165) is 12.8 Å². The topological polar surface area (TPSA) is 52.6 Å². The molecule has 0 saturated heterocycles. The van der Waals surface area contributed by atoms with Crippen LogP contribution >= 0.6 is 12.2 Å². The van der Waals surface area contributed by atoms with Crippen molar-refractivity contribution < 1.29 is 9.90 Å². The molecular formula is C10H18N2O2S. The van der Waals surface area contributed by atoms with Crippen molar-refractivity contribution in [3.8, 4) is 0 Å². The molecule has 0 amide bonds. The van der Waals surface area contributed by atoms with Gasteiger partial charge >= 0.3 is 5.97 Å². The van der Waals surface area contributed by atoms with Crippen molar-refractivity contribution in [2.45, 2.75) is 38.1 Å². The molecule has 0 spiro atoms. The third kappa shape index (κ3) is 4.46. The van der Waals surface area contributed by atoms with E-state index in [1.807, 2.05) is 0 Å². The number of carboxylic acids is 1. The van der Waals surface area contributed by atoms with E-state index >= 15 is 0 Å². The van der Waals surface area contributed by atoms with Crippen molar-refractivity contribution in [2.24, 2.45) is 0 Å². The lowest BCUT2D eigenvalue weighted by Gasteiger charge is -2.27. The van der Waals surface area contributed by atoms with Gasteiger partial charge in [-0.2, -0.15) is 0 Å². The van der Waals surface area contributed by atoms with Crippen LogP contribution in [-0.2, 0) is 4.79 Å². The molecule has 5 heteroatoms. The number of aliphatic carboxylic acids is 1. The van der Waals surface area contributed by atoms with Gasteiger partial charge in [0.2, 0.25) is 0 Å². The molecule has 0 aromatic heterocycles. The molecule has 0 aromatic carbocycles. The molecule has 15 heavy (non-hydrogen) atoms. The number of carboxylic acid groups (broad SMARTS) is 1. The molecular weight excluding hydrogens is 212 g/mol. The molecule has 1 aliphatic carbocycles. The van der Waals surface area contributed by atoms with E-state index in [-0.39, 0.29) is 6.54 Å². The normalized spacial score (nSPS) is 17.1. The van der Waals surface area contributed by atoms with E-state index in [4.69, 9.17) is 17.3 Å². The molecule has 0 bridgehead atoms. The first-order chi connectivity index (χ1) is 7.09. The predicted molar refractivity (Wildman–Crippen MR) is 62.9 cm³/mol. The zero-order valence-electron chi connectivity index (χ0n) is 9.03. The molecule has 1 saturated carbocycles. The Labute approximate surface area is 95.6 Å². The van der Waals surface area contributed by atoms with E-state index < -0.39 is 5.97 Å². The summed E-state index contributed by atoms with van der Waals surface area (Å²) in [6.45, 7) is -0.0431. The third-order valence-corrected chi connectivity index (χ3v) is 3.08. The molecule has 0 radical (unpaired) electrons. The van der Waals surface area contributed by atoms with Gasteiger partial charge in [-0.25, -0.2) is 0 Å². The standard InChI is InChI=1S/C10H18N2O2S/c1-12(7-9(13)14)10(15)11-8-5-3-2-4-6-8/h8H,2-7H2,1H3,(H,11,15)(H,13,14). The first-order valence-corrected chi connectivity index (χ1v) is 5.74. The third-order valence-electron chi connectivity index (χ3n) is 2.65. The van der Waals surface area contributed by atoms with Crippen molar-refractivity contribution in [2.75, 3.05) is 13.6 Å². The van der Waals surface area contributed by atoms with Gasteiger partial charge in [0.15, 0.2) is 5.11 Å². The van der Waals surface area contributed by atoms with Crippen LogP contribution in [0.4, 0.5) is 0 Å². The predicted octanol–water partition coefficient (Wildman–Crippen LogP) is 1.21. The minimum atomic E-state index is -0.856. The van der Waals surface area contributed by atoms with Crippen LogP contribution < -0.4 is 5.32 Å². The summed E-state index contributed by atoms with van der Waals surface area (Å²) < 4.78 is 0. The highest BCUT2D eigenvalue weighted by molar-refractivity contribution is 7.80. The fourth-order valence-electron chi connectivity index (χ4n) is 1.81. The van der Waals surface area contributed by atoms with Gasteiger partial charge in [-0.15, -0.1) is 0 Å². The lowest BCUT2D eigenvalue weighted by Crippen LogP contribution is -2.45. The number of rotatable bonds is 3. The Morgan fingerprint density at radius 2 is 2.07 bits per heavy atom. The molecule has 0 atom stereocenters. The van der Waals surface area contributed by atoms with Gasteiger partial charge in [0.05, 0.1) is 0 Å². The zero-order valence-corrected chi connectivity index (χ0v) is 9.85. The summed E-state index contributed by atoms with van der Waals surface area (Å²) in [6, 6.07) is 0.433. The number of hydrogen-bond donors (Lipinski definition) is 2. The SMILES string of the molecule is CN(CC(=O)O)C(=S)NC1CCCCC1. The molecule has 1 aliphatic rings. The average Bonchev–Trinajstić information content (AvgIpc) is 2.18. The Balaban J connectivity index is 2.30. The number of nitrogens with zero attached hydrogens (tertiary/aromatic N) is 1. The van der Waals surface area contributed by atoms with Crippen molar-refractivity contribution in [3.63, 3.8) is 0 Å². The molecule has 1 fully saturated rings. The Morgan fingerprint density at radius 3 is 2.60 bits per heavy atom. The molecule has 0 heterocycles. The first kappa shape index (κ1) is 12.2. The second-order valence-corrected chi connectivity index (χ2v) is 4.42. The maximum Gasteiger partial charge on any atom is 0.323 e. The first-order valence-electron chi connectivity index (χ1n) is 5.33. The molecule has 0 aromatic rings. The summed E-state index contributed by atoms with van der Waals surface area (Å²) in [5, 5.41) is 12.4. The molecule has 1 rings (SSSR count). The van der Waals surface area contributed by atoms with Crippen LogP contribution in [0.1, 0.15) is 32.1 Å². The smallest absolute Gasteiger partial charge is 0.323 e. The monoisotopic (exact) mass is 230 g/mol. The minimum Gasteiger partial charge on any atom is -0.480 e. The number of nitrogens with one attached hydrogen (secondary N) is 1. The Bertz CT molecular complexity index is 240. The van der Waals surface area contributed by atoms with Gasteiger partial charge in [-0.3, -0.25) is 4.79 Å². The second-order valence-electron chi connectivity index (χ2n) is 4.03. The Morgan fingerprint density at radius 1 is 1.47 bits per heavy atom. The van der Waals surface area contributed by atoms with Crippen LogP contribution in [0.5, 0.6) is 0 Å². The van der Waals surface area contributed by atoms with Gasteiger partial charge in [-0.1, -0.05) is 19.3 Å². The fourth-order valence-corrected chi connectivity index (χ4v) is 2.04. The Hall–Kier alpha value is -0.840. The van der Waals surface area contributed by atoms with E-state index in [2.05, 4.69) is 5.32 Å². The molecule has 4 nitrogen and oxygen atoms in total. The van der Waals surface area contributed by atoms with Crippen molar-refractivity contribution in [1.29, 1.82) is 0 Å². The van der Waals surface area contributed by atoms with Crippen molar-refractivity contribution in [1.82, 2.24) is 10.2 Å². The van der Waals surface area contributed by atoms with Gasteiger partial charge in [-0.05, 0) is 25.1 Å². The van der Waals surface area contributed by atoms with E-state index in [1.54, 1.807) is 11.9 Å². The number of hydrogen-bond acceptors (Lipinski definition) is 2. The molecule has 86 valence electrons. The van der Waals surface area contributed by atoms with Gasteiger partial charge in [0, 0.05) is 13.1 Å². The van der Waals surface area contributed by atoms with Gasteiger partial charge < -0.3 is 15.3 Å². The van der Waals surface area contributed by atoms with E-state index in [1.165, 1.54) is 19.3 Å². The van der Waals surface area contributed by atoms with Crippen LogP contribution in [0.3, 0.4) is 0 Å². The Kier molecular flexibility index (Phi) is 4.81. The van der Waals surface area contributed by atoms with E-state index in [0.29, 0.717) is 11.2 Å². The molecule has 2 N–H and O–H groups in total. The van der Waals surface area contributed by atoms with Crippen LogP contribution in [0.2, 0.25) is 0 Å². The lowest BCUT2D eigenvalue weighted by molar-refractivity contribution is -0.137. The molecule has 0 aliphatic heterocycles. The summed E-state index contributed by atoms with van der Waals surface area (Å²) in [4.78, 5) is 12.0. The number of likely N-dealkylation sites (N-methyl/N-ethyl adjacent to an activating group) is 1. The van der Waals surface area contributed by atoms with Crippen LogP contribution in [0, 0.1) is 0 Å². The quantitative estimate of drug-likeness (QED) is 0.714. The highest BCUT2D eigenvalue weighted by Gasteiger charge is 2.16. The fraction of sp³-hybridized carbons (Fsp3) is 0.800. The maximum atomic E-state index is 10.5. The summed E-state index contributed by atoms with van der Waals surface area (Å²) in [6.07, 6.45) is 6.06. The van der Waals surface area contributed by atoms with Crippen LogP contribution in [0.25, 0.3) is 0 Å². The van der Waals surface area contributed by atoms with E-state index in [9.17, 15) is 4.79 Å². The zero-order chi connectivity index (χ0) is 11.3. The second kappa shape index (κ2) is 5.90. The van der Waals surface area contributed by atoms with Gasteiger partial charge in [0.1, 0.15) is 6.54 Å². The number of carbonyl (C=O) groups is 1. The largest absolute Gasteiger partial charge is 0.480 e. The maximum absolute atomic E-state index is 10.5. The lowest BCUT2D eigenvalue weighted by atomic mass is 9.96. The highest BCUT2D eigenvalue weighted by Crippen LogP contribution is 2.17. The summed E-state index contributed by atoms with van der Waals surface area (Å²) in [5.41, 5.74) is 0. The summed E-state index contributed by atoms with van der Waals surface area (Å²) in [7, 11) is 1.70. The van der Waals surface area contributed by atoms with Gasteiger partial charge in [0.25, 0.3) is 0 Å². The van der Waals surface area contributed by atoms with Crippen molar-refractivity contribution in [3.05, 3.63) is 0 Å². The van der Waals surface area contributed by atoms with Crippen LogP contribution in [0.15, 0.2) is 0 Å². The summed E-state index contributed by atoms with van der Waals surface area (Å²) >= 11 is 5.13. The van der Waals surface area contributed by atoms with Crippen LogP contribution in [-0.4, -0.2) is 40.7 Å². The minimum absolute atomic E-state index is 0.0431. The molecule has 0 unspecified atom stereocenters. The number of thiocarbonyl (C=S) groups is 1. The van der Waals surface area contributed by atoms with Crippen molar-refractivity contribution >= 4 is 23.3 Å². The average molecular weight is 230 g/mol. The summed E-state index contributed by atoms with van der Waals surface area (Å²) in [5.74, 6) is -0.856. The highest BCUT2D eigenvalue weighted by atomic mass is 32.1.